The zero-order chi connectivity index (χ0) is 26.7. The van der Waals surface area contributed by atoms with Crippen molar-refractivity contribution in [1.82, 2.24) is 20.2 Å². The summed E-state index contributed by atoms with van der Waals surface area (Å²) in [5.41, 5.74) is 5.13. The molecule has 1 N–H and O–H groups in total. The second kappa shape index (κ2) is 13.5. The molecule has 194 valence electrons. The molecule has 0 unspecified atom stereocenters. The predicted molar refractivity (Wildman–Crippen MR) is 152 cm³/mol. The molecule has 1 amide bonds. The van der Waals surface area contributed by atoms with Gasteiger partial charge in [-0.15, -0.1) is 10.2 Å². The van der Waals surface area contributed by atoms with Crippen molar-refractivity contribution >= 4 is 41.6 Å². The lowest BCUT2D eigenvalue weighted by molar-refractivity contribution is -0.118. The zero-order valence-corrected chi connectivity index (χ0v) is 22.4. The minimum absolute atomic E-state index is 0.101. The monoisotopic (exact) mass is 547 g/mol. The second-order valence-electron chi connectivity index (χ2n) is 7.78. The van der Waals surface area contributed by atoms with Gasteiger partial charge in [-0.05, 0) is 73.7 Å². The van der Waals surface area contributed by atoms with Crippen molar-refractivity contribution in [3.8, 4) is 28.6 Å². The molecule has 4 rings (SSSR count). The third-order valence-electron chi connectivity index (χ3n) is 5.24. The maximum Gasteiger partial charge on any atom is 0.250 e. The summed E-state index contributed by atoms with van der Waals surface area (Å²) >= 11 is 7.33. The molecule has 4 aromatic rings. The summed E-state index contributed by atoms with van der Waals surface area (Å²) in [5.74, 6) is 1.99. The van der Waals surface area contributed by atoms with Crippen LogP contribution in [-0.4, -0.2) is 46.4 Å². The summed E-state index contributed by atoms with van der Waals surface area (Å²) < 4.78 is 12.8. The number of carbonyl (C=O) groups is 1. The first-order valence-corrected chi connectivity index (χ1v) is 13.1. The van der Waals surface area contributed by atoms with Crippen LogP contribution < -0.4 is 14.9 Å². The number of methoxy groups -OCH3 is 1. The number of hydrogen-bond acceptors (Lipinski definition) is 7. The molecule has 0 atom stereocenters. The van der Waals surface area contributed by atoms with Crippen molar-refractivity contribution in [2.45, 2.75) is 12.1 Å². The number of rotatable bonds is 11. The van der Waals surface area contributed by atoms with Gasteiger partial charge in [-0.3, -0.25) is 9.36 Å². The van der Waals surface area contributed by atoms with Crippen molar-refractivity contribution in [3.05, 3.63) is 89.5 Å². The van der Waals surface area contributed by atoms with Crippen molar-refractivity contribution in [3.63, 3.8) is 0 Å². The summed E-state index contributed by atoms with van der Waals surface area (Å²) in [6, 6.07) is 22.6. The fourth-order valence-corrected chi connectivity index (χ4v) is 4.38. The van der Waals surface area contributed by atoms with Crippen molar-refractivity contribution < 1.29 is 14.3 Å². The third kappa shape index (κ3) is 7.02. The fourth-order valence-electron chi connectivity index (χ4n) is 3.51. The number of carbonyl (C=O) groups excluding carboxylic acids is 1. The van der Waals surface area contributed by atoms with Gasteiger partial charge < -0.3 is 9.47 Å². The molecular formula is C28H26ClN5O3S. The average Bonchev–Trinajstić information content (AvgIpc) is 3.37. The minimum atomic E-state index is -0.272. The zero-order valence-electron chi connectivity index (χ0n) is 20.9. The molecule has 0 aliphatic carbocycles. The van der Waals surface area contributed by atoms with E-state index in [1.54, 1.807) is 25.3 Å². The highest BCUT2D eigenvalue weighted by Gasteiger charge is 2.17. The molecule has 0 aliphatic heterocycles. The number of benzene rings is 3. The SMILES string of the molecule is CCOc1ccc(-n2c(SCC(=O)N/N=C\C=C\c3ccccc3OC)nnc2-c2ccc(Cl)cc2)cc1. The van der Waals surface area contributed by atoms with E-state index in [0.29, 0.717) is 22.6 Å². The molecule has 0 radical (unpaired) electrons. The number of aromatic nitrogens is 3. The van der Waals surface area contributed by atoms with Gasteiger partial charge in [0, 0.05) is 28.1 Å². The van der Waals surface area contributed by atoms with Crippen LogP contribution in [0.4, 0.5) is 0 Å². The second-order valence-corrected chi connectivity index (χ2v) is 9.16. The Hall–Kier alpha value is -4.08. The average molecular weight is 548 g/mol. The molecule has 0 spiro atoms. The van der Waals surface area contributed by atoms with Crippen LogP contribution >= 0.6 is 23.4 Å². The van der Waals surface area contributed by atoms with E-state index in [4.69, 9.17) is 21.1 Å². The predicted octanol–water partition coefficient (Wildman–Crippen LogP) is 5.90. The fraction of sp³-hybridized carbons (Fsp3) is 0.143. The third-order valence-corrected chi connectivity index (χ3v) is 6.42. The van der Waals surface area contributed by atoms with E-state index in [2.05, 4.69) is 20.7 Å². The maximum atomic E-state index is 12.5. The Morgan fingerprint density at radius 3 is 2.58 bits per heavy atom. The first-order chi connectivity index (χ1) is 18.6. The van der Waals surface area contributed by atoms with Crippen molar-refractivity contribution in [1.29, 1.82) is 0 Å². The van der Waals surface area contributed by atoms with E-state index in [1.165, 1.54) is 18.0 Å². The number of nitrogens with one attached hydrogen (secondary N) is 1. The number of nitrogens with zero attached hydrogens (tertiary/aromatic N) is 4. The molecule has 0 saturated carbocycles. The van der Waals surface area contributed by atoms with Crippen LogP contribution in [-0.2, 0) is 4.79 Å². The Labute approximate surface area is 230 Å². The highest BCUT2D eigenvalue weighted by Crippen LogP contribution is 2.29. The Bertz CT molecular complexity index is 1420. The standard InChI is InChI=1S/C28H26ClN5O3S/c1-3-37-24-16-14-23(15-17-24)34-27(21-10-12-22(29)13-11-21)32-33-28(34)38-19-26(35)31-30-18-6-8-20-7-4-5-9-25(20)36-2/h4-18H,3,19H2,1-2H3,(H,31,35)/b8-6+,30-18-. The van der Waals surface area contributed by atoms with Gasteiger partial charge in [-0.2, -0.15) is 5.10 Å². The Morgan fingerprint density at radius 2 is 1.84 bits per heavy atom. The van der Waals surface area contributed by atoms with Crippen LogP contribution in [0.3, 0.4) is 0 Å². The Morgan fingerprint density at radius 1 is 1.08 bits per heavy atom. The largest absolute Gasteiger partial charge is 0.496 e. The van der Waals surface area contributed by atoms with Crippen LogP contribution in [0.25, 0.3) is 23.2 Å². The van der Waals surface area contributed by atoms with Crippen LogP contribution in [0.15, 0.2) is 89.1 Å². The van der Waals surface area contributed by atoms with E-state index in [0.717, 1.165) is 28.3 Å². The smallest absolute Gasteiger partial charge is 0.250 e. The number of hydrazone groups is 1. The number of ether oxygens (including phenoxy) is 2. The number of amides is 1. The minimum Gasteiger partial charge on any atom is -0.496 e. The normalized spacial score (nSPS) is 11.2. The van der Waals surface area contributed by atoms with Gasteiger partial charge in [0.05, 0.1) is 19.5 Å². The quantitative estimate of drug-likeness (QED) is 0.143. The van der Waals surface area contributed by atoms with Gasteiger partial charge in [-0.25, -0.2) is 5.43 Å². The number of hydrogen-bond donors (Lipinski definition) is 1. The highest BCUT2D eigenvalue weighted by molar-refractivity contribution is 7.99. The molecule has 10 heteroatoms. The summed E-state index contributed by atoms with van der Waals surface area (Å²) in [4.78, 5) is 12.5. The molecule has 0 fully saturated rings. The lowest BCUT2D eigenvalue weighted by Gasteiger charge is -2.11. The van der Waals surface area contributed by atoms with Gasteiger partial charge in [-0.1, -0.05) is 41.6 Å². The molecule has 0 saturated heterocycles. The molecule has 1 aromatic heterocycles. The van der Waals surface area contributed by atoms with Gasteiger partial charge in [0.2, 0.25) is 0 Å². The molecular weight excluding hydrogens is 522 g/mol. The van der Waals surface area contributed by atoms with E-state index in [9.17, 15) is 4.79 Å². The van der Waals surface area contributed by atoms with Crippen LogP contribution in [0.1, 0.15) is 12.5 Å². The van der Waals surface area contributed by atoms with Gasteiger partial charge >= 0.3 is 0 Å². The maximum absolute atomic E-state index is 12.5. The molecule has 8 nitrogen and oxygen atoms in total. The summed E-state index contributed by atoms with van der Waals surface area (Å²) in [7, 11) is 1.62. The number of thioether (sulfide) groups is 1. The number of halogens is 1. The summed E-state index contributed by atoms with van der Waals surface area (Å²) in [5, 5.41) is 13.9. The molecule has 1 heterocycles. The summed E-state index contributed by atoms with van der Waals surface area (Å²) in [6.07, 6.45) is 5.09. The van der Waals surface area contributed by atoms with Crippen molar-refractivity contribution in [2.24, 2.45) is 5.10 Å². The van der Waals surface area contributed by atoms with E-state index in [1.807, 2.05) is 78.2 Å². The molecule has 38 heavy (non-hydrogen) atoms. The van der Waals surface area contributed by atoms with Crippen LogP contribution in [0.2, 0.25) is 5.02 Å². The van der Waals surface area contributed by atoms with E-state index < -0.39 is 0 Å². The molecule has 3 aromatic carbocycles. The Balaban J connectivity index is 1.45. The van der Waals surface area contributed by atoms with Crippen LogP contribution in [0.5, 0.6) is 11.5 Å². The summed E-state index contributed by atoms with van der Waals surface area (Å²) in [6.45, 7) is 2.52. The lowest BCUT2D eigenvalue weighted by Crippen LogP contribution is -2.19. The van der Waals surface area contributed by atoms with Gasteiger partial charge in [0.25, 0.3) is 5.91 Å². The molecule has 0 aliphatic rings. The first-order valence-electron chi connectivity index (χ1n) is 11.8. The Kier molecular flexibility index (Phi) is 9.55. The highest BCUT2D eigenvalue weighted by atomic mass is 35.5. The first kappa shape index (κ1) is 27.0. The van der Waals surface area contributed by atoms with Crippen molar-refractivity contribution in [2.75, 3.05) is 19.5 Å². The lowest BCUT2D eigenvalue weighted by atomic mass is 10.2. The molecule has 0 bridgehead atoms. The van der Waals surface area contributed by atoms with Gasteiger partial charge in [0.15, 0.2) is 11.0 Å². The van der Waals surface area contributed by atoms with Crippen LogP contribution in [0, 0.1) is 0 Å². The van der Waals surface area contributed by atoms with E-state index in [-0.39, 0.29) is 11.7 Å². The topological polar surface area (TPSA) is 90.6 Å². The van der Waals surface area contributed by atoms with E-state index >= 15 is 0 Å². The number of allylic oxidation sites excluding steroid dienone is 1. The number of para-hydroxylation sites is 1. The van der Waals surface area contributed by atoms with Gasteiger partial charge in [0.1, 0.15) is 11.5 Å².